The van der Waals surface area contributed by atoms with Gasteiger partial charge in [-0.25, -0.2) is 18.4 Å². The van der Waals surface area contributed by atoms with Gasteiger partial charge in [0.15, 0.2) is 0 Å². The van der Waals surface area contributed by atoms with Crippen molar-refractivity contribution >= 4 is 15.9 Å². The molecule has 1 aliphatic rings. The summed E-state index contributed by atoms with van der Waals surface area (Å²) in [7, 11) is -3.24. The number of sulfonamides is 1. The van der Waals surface area contributed by atoms with E-state index in [2.05, 4.69) is 20.4 Å². The maximum atomic E-state index is 12.2. The summed E-state index contributed by atoms with van der Waals surface area (Å²) >= 11 is 0. The Balaban J connectivity index is 1.70. The number of nitrogens with zero attached hydrogens (tertiary/aromatic N) is 5. The Labute approximate surface area is 146 Å². The van der Waals surface area contributed by atoms with Crippen LogP contribution in [0.15, 0.2) is 18.6 Å². The molecule has 0 saturated carbocycles. The van der Waals surface area contributed by atoms with Gasteiger partial charge in [0.25, 0.3) is 5.91 Å². The first-order valence-electron chi connectivity index (χ1n) is 7.90. The number of rotatable bonds is 4. The van der Waals surface area contributed by atoms with Gasteiger partial charge >= 0.3 is 0 Å². The van der Waals surface area contributed by atoms with Crippen molar-refractivity contribution in [3.8, 4) is 0 Å². The molecule has 0 radical (unpaired) electrons. The second kappa shape index (κ2) is 6.89. The van der Waals surface area contributed by atoms with Crippen LogP contribution in [-0.2, 0) is 29.7 Å². The van der Waals surface area contributed by atoms with E-state index in [1.807, 2.05) is 10.7 Å². The highest BCUT2D eigenvalue weighted by Crippen LogP contribution is 2.16. The predicted octanol–water partition coefficient (Wildman–Crippen LogP) is 0.0768. The van der Waals surface area contributed by atoms with Crippen LogP contribution in [0.4, 0.5) is 0 Å². The number of aryl methyl sites for hydroxylation is 2. The first-order valence-corrected chi connectivity index (χ1v) is 9.75. The zero-order valence-electron chi connectivity index (χ0n) is 14.1. The Kier molecular flexibility index (Phi) is 4.82. The average molecular weight is 364 g/mol. The van der Waals surface area contributed by atoms with Gasteiger partial charge in [0, 0.05) is 19.3 Å². The van der Waals surface area contributed by atoms with E-state index in [0.29, 0.717) is 43.0 Å². The maximum Gasteiger partial charge on any atom is 0.255 e. The lowest BCUT2D eigenvalue weighted by Crippen LogP contribution is -2.29. The maximum absolute atomic E-state index is 12.2. The molecule has 3 rings (SSSR count). The number of aromatic nitrogens is 4. The molecule has 25 heavy (non-hydrogen) atoms. The number of carbonyl (C=O) groups excluding carboxylic acids is 1. The summed E-state index contributed by atoms with van der Waals surface area (Å²) in [5, 5.41) is 7.26. The Morgan fingerprint density at radius 3 is 2.88 bits per heavy atom. The van der Waals surface area contributed by atoms with Crippen LogP contribution in [-0.4, -0.2) is 51.2 Å². The van der Waals surface area contributed by atoms with E-state index in [1.54, 1.807) is 6.92 Å². The van der Waals surface area contributed by atoms with Crippen LogP contribution in [0.2, 0.25) is 0 Å². The van der Waals surface area contributed by atoms with Crippen molar-refractivity contribution in [2.75, 3.05) is 12.8 Å². The van der Waals surface area contributed by atoms with Gasteiger partial charge in [-0.1, -0.05) is 0 Å². The van der Waals surface area contributed by atoms with Gasteiger partial charge in [0.2, 0.25) is 10.0 Å². The zero-order valence-corrected chi connectivity index (χ0v) is 15.0. The van der Waals surface area contributed by atoms with Crippen molar-refractivity contribution in [1.29, 1.82) is 0 Å². The summed E-state index contributed by atoms with van der Waals surface area (Å²) in [5.74, 6) is -0.265. The minimum atomic E-state index is -3.24. The third-order valence-corrected chi connectivity index (χ3v) is 5.33. The fourth-order valence-electron chi connectivity index (χ4n) is 2.74. The largest absolute Gasteiger partial charge is 0.346 e. The van der Waals surface area contributed by atoms with Crippen LogP contribution in [0.25, 0.3) is 0 Å². The van der Waals surface area contributed by atoms with Gasteiger partial charge in [-0.3, -0.25) is 9.48 Å². The summed E-state index contributed by atoms with van der Waals surface area (Å²) in [6.07, 6.45) is 4.79. The number of fused-ring (bicyclic) bond motifs is 1. The minimum absolute atomic E-state index is 0.256. The summed E-state index contributed by atoms with van der Waals surface area (Å²) in [6.45, 7) is 3.44. The summed E-state index contributed by atoms with van der Waals surface area (Å²) < 4.78 is 26.8. The van der Waals surface area contributed by atoms with Crippen LogP contribution < -0.4 is 5.32 Å². The van der Waals surface area contributed by atoms with E-state index in [0.717, 1.165) is 5.69 Å². The van der Waals surface area contributed by atoms with Gasteiger partial charge in [0.1, 0.15) is 6.33 Å². The second-order valence-corrected chi connectivity index (χ2v) is 7.99. The quantitative estimate of drug-likeness (QED) is 0.822. The number of hydrogen-bond donors (Lipinski definition) is 1. The fourth-order valence-corrected chi connectivity index (χ4v) is 3.57. The van der Waals surface area contributed by atoms with Crippen molar-refractivity contribution in [2.45, 2.75) is 33.0 Å². The zero-order chi connectivity index (χ0) is 18.0. The van der Waals surface area contributed by atoms with Gasteiger partial charge in [-0.2, -0.15) is 9.40 Å². The van der Waals surface area contributed by atoms with Gasteiger partial charge < -0.3 is 5.32 Å². The molecule has 9 nitrogen and oxygen atoms in total. The van der Waals surface area contributed by atoms with Crippen molar-refractivity contribution < 1.29 is 13.2 Å². The molecule has 0 fully saturated rings. The Bertz CT molecular complexity index is 892. The molecule has 0 bridgehead atoms. The lowest BCUT2D eigenvalue weighted by Gasteiger charge is -2.16. The van der Waals surface area contributed by atoms with Gasteiger partial charge in [-0.15, -0.1) is 0 Å². The normalized spacial score (nSPS) is 15.4. The molecular weight excluding hydrogens is 344 g/mol. The van der Waals surface area contributed by atoms with Crippen molar-refractivity contribution in [2.24, 2.45) is 0 Å². The van der Waals surface area contributed by atoms with Crippen LogP contribution in [0, 0.1) is 6.92 Å². The third-order valence-electron chi connectivity index (χ3n) is 4.08. The molecule has 3 heterocycles. The average Bonchev–Trinajstić information content (AvgIpc) is 2.82. The van der Waals surface area contributed by atoms with E-state index in [9.17, 15) is 13.2 Å². The fraction of sp³-hybridized carbons (Fsp3) is 0.467. The lowest BCUT2D eigenvalue weighted by atomic mass is 10.2. The molecule has 1 amide bonds. The SMILES string of the molecule is Cc1ncncc1C(=O)NCc1cc2n(n1)CCCN(S(C)(=O)=O)C2. The highest BCUT2D eigenvalue weighted by Gasteiger charge is 2.23. The number of amides is 1. The van der Waals surface area contributed by atoms with E-state index in [1.165, 1.54) is 23.1 Å². The molecule has 0 saturated heterocycles. The van der Waals surface area contributed by atoms with E-state index in [4.69, 9.17) is 0 Å². The van der Waals surface area contributed by atoms with Gasteiger partial charge in [-0.05, 0) is 19.4 Å². The number of nitrogens with one attached hydrogen (secondary N) is 1. The Morgan fingerprint density at radius 1 is 1.36 bits per heavy atom. The molecule has 0 aromatic carbocycles. The van der Waals surface area contributed by atoms with Crippen molar-refractivity contribution in [3.63, 3.8) is 0 Å². The van der Waals surface area contributed by atoms with E-state index >= 15 is 0 Å². The van der Waals surface area contributed by atoms with Crippen molar-refractivity contribution in [3.05, 3.63) is 41.2 Å². The molecule has 2 aromatic heterocycles. The molecular formula is C15H20N6O3S. The lowest BCUT2D eigenvalue weighted by molar-refractivity contribution is 0.0949. The first-order chi connectivity index (χ1) is 11.8. The molecule has 1 N–H and O–H groups in total. The van der Waals surface area contributed by atoms with Crippen LogP contribution >= 0.6 is 0 Å². The molecule has 0 unspecified atom stereocenters. The van der Waals surface area contributed by atoms with Gasteiger partial charge in [0.05, 0.1) is 42.0 Å². The predicted molar refractivity (Wildman–Crippen MR) is 90.0 cm³/mol. The van der Waals surface area contributed by atoms with Crippen LogP contribution in [0.3, 0.4) is 0 Å². The summed E-state index contributed by atoms with van der Waals surface area (Å²) in [6, 6.07) is 1.83. The second-order valence-electron chi connectivity index (χ2n) is 6.00. The van der Waals surface area contributed by atoms with E-state index < -0.39 is 10.0 Å². The Hall–Kier alpha value is -2.33. The molecule has 0 spiro atoms. The molecule has 134 valence electrons. The molecule has 1 aliphatic heterocycles. The molecule has 2 aromatic rings. The van der Waals surface area contributed by atoms with Crippen LogP contribution in [0.1, 0.15) is 33.9 Å². The summed E-state index contributed by atoms with van der Waals surface area (Å²) in [4.78, 5) is 20.1. The standard InChI is InChI=1S/C15H20N6O3S/c1-11-14(8-16-10-18-11)15(22)17-7-12-6-13-9-20(25(2,23)24)4-3-5-21(13)19-12/h6,8,10H,3-5,7,9H2,1-2H3,(H,17,22). The van der Waals surface area contributed by atoms with Crippen molar-refractivity contribution in [1.82, 2.24) is 29.4 Å². The number of carbonyl (C=O) groups is 1. The third kappa shape index (κ3) is 4.02. The Morgan fingerprint density at radius 2 is 2.16 bits per heavy atom. The molecule has 0 atom stereocenters. The topological polar surface area (TPSA) is 110 Å². The highest BCUT2D eigenvalue weighted by molar-refractivity contribution is 7.88. The molecule has 0 aliphatic carbocycles. The molecule has 10 heteroatoms. The monoisotopic (exact) mass is 364 g/mol. The van der Waals surface area contributed by atoms with Crippen LogP contribution in [0.5, 0.6) is 0 Å². The number of hydrogen-bond acceptors (Lipinski definition) is 6. The smallest absolute Gasteiger partial charge is 0.255 e. The van der Waals surface area contributed by atoms with E-state index in [-0.39, 0.29) is 12.5 Å². The first kappa shape index (κ1) is 17.5. The highest BCUT2D eigenvalue weighted by atomic mass is 32.2. The summed E-state index contributed by atoms with van der Waals surface area (Å²) in [5.41, 5.74) is 2.54. The minimum Gasteiger partial charge on any atom is -0.346 e.